The van der Waals surface area contributed by atoms with Crippen molar-refractivity contribution in [3.8, 4) is 5.75 Å². The van der Waals surface area contributed by atoms with Crippen molar-refractivity contribution in [3.05, 3.63) is 18.3 Å². The Morgan fingerprint density at radius 3 is 3.12 bits per heavy atom. The summed E-state index contributed by atoms with van der Waals surface area (Å²) in [6.45, 7) is 0.932. The van der Waals surface area contributed by atoms with E-state index < -0.39 is 0 Å². The number of nitrogens with one attached hydrogen (secondary N) is 1. The Morgan fingerprint density at radius 2 is 2.44 bits per heavy atom. The van der Waals surface area contributed by atoms with E-state index in [0.29, 0.717) is 12.0 Å². The molecule has 3 N–H and O–H groups in total. The second kappa shape index (κ2) is 5.16. The smallest absolute Gasteiger partial charge is 0.168 e. The summed E-state index contributed by atoms with van der Waals surface area (Å²) in [5.74, 6) is 2.29. The minimum atomic E-state index is 0.387. The molecule has 1 saturated carbocycles. The van der Waals surface area contributed by atoms with Crippen LogP contribution < -0.4 is 15.8 Å². The van der Waals surface area contributed by atoms with Crippen LogP contribution in [0.2, 0.25) is 0 Å². The Morgan fingerprint density at radius 1 is 1.56 bits per heavy atom. The molecule has 2 atom stereocenters. The quantitative estimate of drug-likeness (QED) is 0.811. The number of hydrogen-bond acceptors (Lipinski definition) is 4. The van der Waals surface area contributed by atoms with Gasteiger partial charge in [-0.05, 0) is 37.3 Å². The summed E-state index contributed by atoms with van der Waals surface area (Å²) in [6, 6.07) is 4.17. The third-order valence-electron chi connectivity index (χ3n) is 3.13. The fraction of sp³-hybridized carbons (Fsp3) is 0.583. The molecule has 0 radical (unpaired) electrons. The van der Waals surface area contributed by atoms with Crippen molar-refractivity contribution in [2.24, 2.45) is 11.7 Å². The number of ether oxygens (including phenoxy) is 1. The van der Waals surface area contributed by atoms with Crippen molar-refractivity contribution in [2.45, 2.75) is 25.3 Å². The van der Waals surface area contributed by atoms with Gasteiger partial charge in [0.25, 0.3) is 0 Å². The van der Waals surface area contributed by atoms with Gasteiger partial charge in [0.05, 0.1) is 7.11 Å². The normalized spacial score (nSPS) is 24.4. The third kappa shape index (κ3) is 2.64. The van der Waals surface area contributed by atoms with Gasteiger partial charge in [-0.3, -0.25) is 0 Å². The highest BCUT2D eigenvalue weighted by Gasteiger charge is 2.21. The van der Waals surface area contributed by atoms with Crippen LogP contribution in [0.15, 0.2) is 18.3 Å². The van der Waals surface area contributed by atoms with E-state index >= 15 is 0 Å². The van der Waals surface area contributed by atoms with Crippen molar-refractivity contribution in [3.63, 3.8) is 0 Å². The highest BCUT2D eigenvalue weighted by Crippen LogP contribution is 2.26. The minimum Gasteiger partial charge on any atom is -0.493 e. The maximum absolute atomic E-state index is 5.88. The summed E-state index contributed by atoms with van der Waals surface area (Å²) in [6.07, 6.45) is 5.24. The van der Waals surface area contributed by atoms with Crippen molar-refractivity contribution in [1.29, 1.82) is 0 Å². The average molecular weight is 221 g/mol. The van der Waals surface area contributed by atoms with Crippen LogP contribution in [0, 0.1) is 5.92 Å². The number of hydrogen-bond donors (Lipinski definition) is 2. The number of pyridine rings is 1. The van der Waals surface area contributed by atoms with Gasteiger partial charge in [0, 0.05) is 18.8 Å². The van der Waals surface area contributed by atoms with Crippen LogP contribution in [0.3, 0.4) is 0 Å². The van der Waals surface area contributed by atoms with Crippen molar-refractivity contribution in [1.82, 2.24) is 4.98 Å². The van der Waals surface area contributed by atoms with Crippen LogP contribution in [0.4, 0.5) is 5.82 Å². The Kier molecular flexibility index (Phi) is 3.62. The zero-order chi connectivity index (χ0) is 11.4. The lowest BCUT2D eigenvalue weighted by Gasteiger charge is -2.13. The molecule has 0 aromatic carbocycles. The first kappa shape index (κ1) is 11.2. The van der Waals surface area contributed by atoms with E-state index in [1.54, 1.807) is 13.3 Å². The van der Waals surface area contributed by atoms with Gasteiger partial charge in [0.1, 0.15) is 0 Å². The molecule has 2 unspecified atom stereocenters. The number of nitrogens with two attached hydrogens (primary N) is 1. The molecular formula is C12H19N3O. The lowest BCUT2D eigenvalue weighted by molar-refractivity contribution is 0.414. The molecule has 88 valence electrons. The van der Waals surface area contributed by atoms with Gasteiger partial charge in [-0.15, -0.1) is 0 Å². The monoisotopic (exact) mass is 221 g/mol. The molecule has 2 rings (SSSR count). The van der Waals surface area contributed by atoms with Crippen LogP contribution in [-0.2, 0) is 0 Å². The summed E-state index contributed by atoms with van der Waals surface area (Å²) < 4.78 is 5.23. The van der Waals surface area contributed by atoms with Crippen molar-refractivity contribution < 1.29 is 4.74 Å². The largest absolute Gasteiger partial charge is 0.493 e. The van der Waals surface area contributed by atoms with Crippen LogP contribution in [-0.4, -0.2) is 24.7 Å². The molecule has 0 bridgehead atoms. The van der Waals surface area contributed by atoms with Crippen LogP contribution in [0.25, 0.3) is 0 Å². The summed E-state index contributed by atoms with van der Waals surface area (Å²) in [4.78, 5) is 4.26. The molecule has 0 aliphatic heterocycles. The number of methoxy groups -OCH3 is 1. The molecule has 1 aromatic rings. The lowest BCUT2D eigenvalue weighted by atomic mass is 10.1. The Bertz CT molecular complexity index is 343. The molecule has 1 aromatic heterocycles. The predicted octanol–water partition coefficient (Wildman–Crippen LogP) is 1.63. The third-order valence-corrected chi connectivity index (χ3v) is 3.13. The van der Waals surface area contributed by atoms with Gasteiger partial charge in [-0.25, -0.2) is 4.98 Å². The fourth-order valence-electron chi connectivity index (χ4n) is 2.23. The Labute approximate surface area is 96.2 Å². The van der Waals surface area contributed by atoms with E-state index in [-0.39, 0.29) is 0 Å². The SMILES string of the molecule is COc1cccnc1NCC1CCC(N)C1. The molecule has 16 heavy (non-hydrogen) atoms. The molecule has 1 fully saturated rings. The molecule has 0 amide bonds. The van der Waals surface area contributed by atoms with Crippen LogP contribution in [0.1, 0.15) is 19.3 Å². The van der Waals surface area contributed by atoms with Crippen molar-refractivity contribution in [2.75, 3.05) is 19.0 Å². The van der Waals surface area contributed by atoms with Crippen molar-refractivity contribution >= 4 is 5.82 Å². The first-order chi connectivity index (χ1) is 7.79. The predicted molar refractivity (Wildman–Crippen MR) is 64.6 cm³/mol. The number of aromatic nitrogens is 1. The van der Waals surface area contributed by atoms with Gasteiger partial charge >= 0.3 is 0 Å². The first-order valence-electron chi connectivity index (χ1n) is 5.78. The summed E-state index contributed by atoms with van der Waals surface area (Å²) in [5, 5.41) is 3.34. The second-order valence-corrected chi connectivity index (χ2v) is 4.37. The summed E-state index contributed by atoms with van der Waals surface area (Å²) in [7, 11) is 1.66. The van der Waals surface area contributed by atoms with Gasteiger partial charge in [-0.1, -0.05) is 0 Å². The summed E-state index contributed by atoms with van der Waals surface area (Å²) >= 11 is 0. The van der Waals surface area contributed by atoms with E-state index in [1.807, 2.05) is 12.1 Å². The molecule has 0 saturated heterocycles. The molecule has 1 heterocycles. The minimum absolute atomic E-state index is 0.387. The topological polar surface area (TPSA) is 60.2 Å². The van der Waals surface area contributed by atoms with Gasteiger partial charge in [-0.2, -0.15) is 0 Å². The van der Waals surface area contributed by atoms with Gasteiger partial charge in [0.2, 0.25) is 0 Å². The molecule has 1 aliphatic carbocycles. The van der Waals surface area contributed by atoms with E-state index in [2.05, 4.69) is 10.3 Å². The zero-order valence-electron chi connectivity index (χ0n) is 9.65. The van der Waals surface area contributed by atoms with Crippen LogP contribution in [0.5, 0.6) is 5.75 Å². The number of nitrogens with zero attached hydrogens (tertiary/aromatic N) is 1. The Balaban J connectivity index is 1.89. The zero-order valence-corrected chi connectivity index (χ0v) is 9.65. The van der Waals surface area contributed by atoms with Crippen LogP contribution >= 0.6 is 0 Å². The maximum atomic E-state index is 5.88. The summed E-state index contributed by atoms with van der Waals surface area (Å²) in [5.41, 5.74) is 5.88. The van der Waals surface area contributed by atoms with E-state index in [0.717, 1.165) is 31.0 Å². The van der Waals surface area contributed by atoms with E-state index in [9.17, 15) is 0 Å². The Hall–Kier alpha value is -1.29. The molecule has 4 heteroatoms. The highest BCUT2D eigenvalue weighted by atomic mass is 16.5. The molecular weight excluding hydrogens is 202 g/mol. The van der Waals surface area contributed by atoms with Gasteiger partial charge < -0.3 is 15.8 Å². The average Bonchev–Trinajstić information content (AvgIpc) is 2.73. The maximum Gasteiger partial charge on any atom is 0.168 e. The highest BCUT2D eigenvalue weighted by molar-refractivity contribution is 5.49. The van der Waals surface area contributed by atoms with Gasteiger partial charge in [0.15, 0.2) is 11.6 Å². The number of anilines is 1. The lowest BCUT2D eigenvalue weighted by Crippen LogP contribution is -2.18. The first-order valence-corrected chi connectivity index (χ1v) is 5.78. The van der Waals surface area contributed by atoms with E-state index in [4.69, 9.17) is 10.5 Å². The molecule has 0 spiro atoms. The molecule has 4 nitrogen and oxygen atoms in total. The second-order valence-electron chi connectivity index (χ2n) is 4.37. The standard InChI is InChI=1S/C12H19N3O/c1-16-11-3-2-6-14-12(11)15-8-9-4-5-10(13)7-9/h2-3,6,9-10H,4-5,7-8,13H2,1H3,(H,14,15). The molecule has 1 aliphatic rings. The number of rotatable bonds is 4. The van der Waals surface area contributed by atoms with E-state index in [1.165, 1.54) is 6.42 Å². The fourth-order valence-corrected chi connectivity index (χ4v) is 2.23.